The first-order valence-electron chi connectivity index (χ1n) is 5.93. The Morgan fingerprint density at radius 2 is 2.16 bits per heavy atom. The number of aromatic nitrogens is 3. The Morgan fingerprint density at radius 3 is 2.95 bits per heavy atom. The number of nitrogens with zero attached hydrogens (tertiary/aromatic N) is 3. The number of pyridine rings is 1. The van der Waals surface area contributed by atoms with E-state index in [1.165, 1.54) is 6.07 Å². The van der Waals surface area contributed by atoms with Gasteiger partial charge in [0.2, 0.25) is 5.95 Å². The van der Waals surface area contributed by atoms with Gasteiger partial charge < -0.3 is 5.32 Å². The van der Waals surface area contributed by atoms with Gasteiger partial charge in [0, 0.05) is 11.1 Å². The minimum atomic E-state index is -0.480. The van der Waals surface area contributed by atoms with Crippen molar-refractivity contribution in [3.63, 3.8) is 0 Å². The molecule has 0 aliphatic rings. The first kappa shape index (κ1) is 12.1. The molecule has 0 atom stereocenters. The average Bonchev–Trinajstić information content (AvgIpc) is 2.87. The maximum Gasteiger partial charge on any atom is 0.214 e. The molecule has 3 aromatic heterocycles. The van der Waals surface area contributed by atoms with Crippen LogP contribution in [0.5, 0.6) is 0 Å². The third-order valence-electron chi connectivity index (χ3n) is 2.98. The van der Waals surface area contributed by atoms with Crippen LogP contribution in [0.3, 0.4) is 0 Å². The number of hydrogen-bond donors (Lipinski definition) is 1. The van der Waals surface area contributed by atoms with Crippen LogP contribution in [-0.4, -0.2) is 14.4 Å². The lowest BCUT2D eigenvalue weighted by Crippen LogP contribution is -2.06. The number of hydrogen-bond acceptors (Lipinski definition) is 4. The normalized spacial score (nSPS) is 11.1. The van der Waals surface area contributed by atoms with Crippen molar-refractivity contribution in [2.75, 3.05) is 5.32 Å². The lowest BCUT2D eigenvalue weighted by atomic mass is 10.3. The van der Waals surface area contributed by atoms with Crippen molar-refractivity contribution in [1.29, 1.82) is 0 Å². The van der Waals surface area contributed by atoms with E-state index in [0.717, 1.165) is 22.0 Å². The average molecular weight is 276 g/mol. The van der Waals surface area contributed by atoms with Crippen molar-refractivity contribution >= 4 is 22.1 Å². The molecule has 0 radical (unpaired) electrons. The highest BCUT2D eigenvalue weighted by atomic mass is 32.1. The summed E-state index contributed by atoms with van der Waals surface area (Å²) in [4.78, 5) is 9.28. The molecule has 3 aromatic rings. The van der Waals surface area contributed by atoms with Gasteiger partial charge in [-0.3, -0.25) is 4.40 Å². The monoisotopic (exact) mass is 276 g/mol. The summed E-state index contributed by atoms with van der Waals surface area (Å²) in [6.45, 7) is 4.60. The van der Waals surface area contributed by atoms with Crippen molar-refractivity contribution < 1.29 is 4.39 Å². The van der Waals surface area contributed by atoms with E-state index in [-0.39, 0.29) is 0 Å². The second kappa shape index (κ2) is 4.62. The Kier molecular flexibility index (Phi) is 2.94. The van der Waals surface area contributed by atoms with Crippen LogP contribution >= 0.6 is 11.3 Å². The van der Waals surface area contributed by atoms with E-state index < -0.39 is 5.95 Å². The standard InChI is InChI=1S/C13H13FN4S/c1-8-7-19-13-16-9(2)10(18(8)13)6-15-12-5-3-4-11(14)17-12/h3-5,7H,6H2,1-2H3,(H,15,17). The van der Waals surface area contributed by atoms with Crippen LogP contribution in [0.4, 0.5) is 10.2 Å². The summed E-state index contributed by atoms with van der Waals surface area (Å²) < 4.78 is 15.1. The number of aryl methyl sites for hydroxylation is 2. The molecule has 1 N–H and O–H groups in total. The smallest absolute Gasteiger partial charge is 0.214 e. The highest BCUT2D eigenvalue weighted by Crippen LogP contribution is 2.21. The molecule has 0 bridgehead atoms. The first-order valence-corrected chi connectivity index (χ1v) is 6.81. The summed E-state index contributed by atoms with van der Waals surface area (Å²) in [5.41, 5.74) is 3.23. The molecular weight excluding hydrogens is 263 g/mol. The van der Waals surface area contributed by atoms with Gasteiger partial charge in [0.25, 0.3) is 0 Å². The molecule has 0 saturated carbocycles. The summed E-state index contributed by atoms with van der Waals surface area (Å²) >= 11 is 1.62. The number of imidazole rings is 1. The van der Waals surface area contributed by atoms with Gasteiger partial charge in [-0.2, -0.15) is 4.39 Å². The zero-order valence-corrected chi connectivity index (χ0v) is 11.5. The van der Waals surface area contributed by atoms with Crippen LogP contribution in [0.15, 0.2) is 23.6 Å². The molecule has 0 aliphatic carbocycles. The van der Waals surface area contributed by atoms with Crippen LogP contribution in [0.1, 0.15) is 17.1 Å². The van der Waals surface area contributed by atoms with E-state index in [2.05, 4.69) is 32.0 Å². The number of fused-ring (bicyclic) bond motifs is 1. The maximum absolute atomic E-state index is 13.0. The molecule has 0 saturated heterocycles. The zero-order chi connectivity index (χ0) is 13.4. The minimum absolute atomic E-state index is 0.480. The number of rotatable bonds is 3. The van der Waals surface area contributed by atoms with Crippen LogP contribution in [0, 0.1) is 19.8 Å². The third-order valence-corrected chi connectivity index (χ3v) is 3.93. The largest absolute Gasteiger partial charge is 0.364 e. The third kappa shape index (κ3) is 2.19. The van der Waals surface area contributed by atoms with Crippen molar-refractivity contribution in [2.24, 2.45) is 0 Å². The van der Waals surface area contributed by atoms with E-state index in [1.54, 1.807) is 23.5 Å². The van der Waals surface area contributed by atoms with Gasteiger partial charge in [0.05, 0.1) is 17.9 Å². The summed E-state index contributed by atoms with van der Waals surface area (Å²) in [6.07, 6.45) is 0. The van der Waals surface area contributed by atoms with E-state index in [9.17, 15) is 4.39 Å². The Hall–Kier alpha value is -1.95. The van der Waals surface area contributed by atoms with Crippen LogP contribution in [0.25, 0.3) is 4.96 Å². The molecule has 0 aliphatic heterocycles. The molecule has 0 spiro atoms. The van der Waals surface area contributed by atoms with E-state index in [0.29, 0.717) is 12.4 Å². The Labute approximate surface area is 113 Å². The first-order chi connectivity index (χ1) is 9.15. The Bertz CT molecular complexity index is 731. The van der Waals surface area contributed by atoms with Crippen molar-refractivity contribution in [2.45, 2.75) is 20.4 Å². The molecular formula is C13H13FN4S. The lowest BCUT2D eigenvalue weighted by molar-refractivity contribution is 0.585. The van der Waals surface area contributed by atoms with Crippen molar-refractivity contribution in [1.82, 2.24) is 14.4 Å². The minimum Gasteiger partial charge on any atom is -0.364 e. The predicted molar refractivity (Wildman–Crippen MR) is 74.1 cm³/mol. The van der Waals surface area contributed by atoms with Crippen molar-refractivity contribution in [3.05, 3.63) is 46.6 Å². The van der Waals surface area contributed by atoms with Crippen LogP contribution in [-0.2, 0) is 6.54 Å². The number of nitrogens with one attached hydrogen (secondary N) is 1. The summed E-state index contributed by atoms with van der Waals surface area (Å²) in [7, 11) is 0. The molecule has 4 nitrogen and oxygen atoms in total. The fourth-order valence-electron chi connectivity index (χ4n) is 2.06. The highest BCUT2D eigenvalue weighted by molar-refractivity contribution is 7.15. The fraction of sp³-hybridized carbons (Fsp3) is 0.231. The van der Waals surface area contributed by atoms with Gasteiger partial charge in [0.15, 0.2) is 4.96 Å². The van der Waals surface area contributed by atoms with Gasteiger partial charge >= 0.3 is 0 Å². The second-order valence-electron chi connectivity index (χ2n) is 4.34. The van der Waals surface area contributed by atoms with E-state index in [4.69, 9.17) is 0 Å². The van der Waals surface area contributed by atoms with Crippen molar-refractivity contribution in [3.8, 4) is 0 Å². The SMILES string of the molecule is Cc1nc2scc(C)n2c1CNc1cccc(F)n1. The number of thiazole rings is 1. The maximum atomic E-state index is 13.0. The molecule has 98 valence electrons. The van der Waals surface area contributed by atoms with E-state index in [1.807, 2.05) is 6.92 Å². The van der Waals surface area contributed by atoms with Gasteiger partial charge in [-0.15, -0.1) is 11.3 Å². The lowest BCUT2D eigenvalue weighted by Gasteiger charge is -2.06. The summed E-state index contributed by atoms with van der Waals surface area (Å²) in [6, 6.07) is 4.72. The second-order valence-corrected chi connectivity index (χ2v) is 5.17. The highest BCUT2D eigenvalue weighted by Gasteiger charge is 2.11. The number of halogens is 1. The molecule has 3 heterocycles. The van der Waals surface area contributed by atoms with Crippen LogP contribution < -0.4 is 5.32 Å². The zero-order valence-electron chi connectivity index (χ0n) is 10.6. The molecule has 6 heteroatoms. The summed E-state index contributed by atoms with van der Waals surface area (Å²) in [5, 5.41) is 5.21. The topological polar surface area (TPSA) is 42.2 Å². The molecule has 0 aromatic carbocycles. The predicted octanol–water partition coefficient (Wildman–Crippen LogP) is 3.16. The fourth-order valence-corrected chi connectivity index (χ4v) is 2.99. The molecule has 0 unspecified atom stereocenters. The molecule has 3 rings (SSSR count). The summed E-state index contributed by atoms with van der Waals surface area (Å²) in [5.74, 6) is 0.0501. The van der Waals surface area contributed by atoms with E-state index >= 15 is 0 Å². The molecule has 19 heavy (non-hydrogen) atoms. The van der Waals surface area contributed by atoms with Gasteiger partial charge in [-0.05, 0) is 26.0 Å². The molecule has 0 amide bonds. The molecule has 0 fully saturated rings. The number of anilines is 1. The Morgan fingerprint density at radius 1 is 1.32 bits per heavy atom. The van der Waals surface area contributed by atoms with Gasteiger partial charge in [0.1, 0.15) is 5.82 Å². The van der Waals surface area contributed by atoms with Gasteiger partial charge in [-0.25, -0.2) is 9.97 Å². The van der Waals surface area contributed by atoms with Crippen LogP contribution in [0.2, 0.25) is 0 Å². The van der Waals surface area contributed by atoms with Gasteiger partial charge in [-0.1, -0.05) is 6.07 Å². The Balaban J connectivity index is 1.89. The quantitative estimate of drug-likeness (QED) is 0.747.